The zero-order valence-corrected chi connectivity index (χ0v) is 16.8. The van der Waals surface area contributed by atoms with Crippen LogP contribution < -0.4 is 5.32 Å². The van der Waals surface area contributed by atoms with E-state index in [4.69, 9.17) is 4.74 Å². The van der Waals surface area contributed by atoms with Crippen LogP contribution in [0.3, 0.4) is 0 Å². The second kappa shape index (κ2) is 6.95. The first-order valence-corrected chi connectivity index (χ1v) is 9.91. The first-order valence-electron chi connectivity index (χ1n) is 9.14. The number of nitrogens with zero attached hydrogens (tertiary/aromatic N) is 1. The Bertz CT molecular complexity index is 967. The highest BCUT2D eigenvalue weighted by Gasteiger charge is 2.40. The van der Waals surface area contributed by atoms with Crippen LogP contribution in [0, 0.1) is 6.92 Å². The first-order chi connectivity index (χ1) is 13.0. The molecule has 0 atom stereocenters. The molecule has 0 bridgehead atoms. The Morgan fingerprint density at radius 1 is 1.04 bits per heavy atom. The van der Waals surface area contributed by atoms with Gasteiger partial charge in [-0.25, -0.2) is 0 Å². The molecule has 4 rings (SSSR count). The lowest BCUT2D eigenvalue weighted by molar-refractivity contribution is -0.0398. The smallest absolute Gasteiger partial charge is 0.0784 e. The maximum Gasteiger partial charge on any atom is 0.0784 e. The Labute approximate surface area is 164 Å². The van der Waals surface area contributed by atoms with Gasteiger partial charge in [0.2, 0.25) is 0 Å². The van der Waals surface area contributed by atoms with Crippen LogP contribution in [0.1, 0.15) is 18.2 Å². The lowest BCUT2D eigenvalue weighted by Crippen LogP contribution is -2.47. The van der Waals surface area contributed by atoms with E-state index in [1.165, 1.54) is 44.2 Å². The zero-order chi connectivity index (χ0) is 19.0. The summed E-state index contributed by atoms with van der Waals surface area (Å²) in [7, 11) is 1.95. The standard InChI is InChI=1S/C23H24N2OS/c1-15(2)23(13-26-14-23)20-11-9-18(10-12-20)17-5-7-19(8-6-17)22-21(24-4)16(3)25-27-22/h5-12,24H,1,13-14H2,2-4H3. The highest BCUT2D eigenvalue weighted by Crippen LogP contribution is 2.39. The molecule has 1 aliphatic heterocycles. The van der Waals surface area contributed by atoms with Crippen LogP contribution >= 0.6 is 11.5 Å². The molecule has 4 heteroatoms. The van der Waals surface area contributed by atoms with Crippen molar-refractivity contribution >= 4 is 17.2 Å². The molecule has 1 N–H and O–H groups in total. The van der Waals surface area contributed by atoms with Crippen LogP contribution in [0.4, 0.5) is 5.69 Å². The van der Waals surface area contributed by atoms with Gasteiger partial charge >= 0.3 is 0 Å². The van der Waals surface area contributed by atoms with Crippen molar-refractivity contribution in [2.24, 2.45) is 0 Å². The summed E-state index contributed by atoms with van der Waals surface area (Å²) in [6, 6.07) is 17.5. The average Bonchev–Trinajstić information content (AvgIpc) is 3.02. The van der Waals surface area contributed by atoms with E-state index in [-0.39, 0.29) is 5.41 Å². The van der Waals surface area contributed by atoms with E-state index in [0.29, 0.717) is 0 Å². The second-order valence-electron chi connectivity index (χ2n) is 7.23. The molecule has 0 radical (unpaired) electrons. The van der Waals surface area contributed by atoms with Gasteiger partial charge in [-0.3, -0.25) is 0 Å². The van der Waals surface area contributed by atoms with Crippen molar-refractivity contribution in [3.05, 3.63) is 71.9 Å². The highest BCUT2D eigenvalue weighted by molar-refractivity contribution is 7.10. The van der Waals surface area contributed by atoms with Crippen molar-refractivity contribution in [3.63, 3.8) is 0 Å². The van der Waals surface area contributed by atoms with Gasteiger partial charge < -0.3 is 10.1 Å². The minimum absolute atomic E-state index is 0.00400. The molecular formula is C23H24N2OS. The van der Waals surface area contributed by atoms with Gasteiger partial charge in [-0.1, -0.05) is 60.7 Å². The molecule has 1 aliphatic rings. The molecule has 0 aliphatic carbocycles. The van der Waals surface area contributed by atoms with Crippen molar-refractivity contribution in [1.29, 1.82) is 0 Å². The van der Waals surface area contributed by atoms with Crippen molar-refractivity contribution in [1.82, 2.24) is 4.37 Å². The predicted molar refractivity (Wildman–Crippen MR) is 115 cm³/mol. The number of aryl methyl sites for hydroxylation is 1. The van der Waals surface area contributed by atoms with Crippen LogP contribution in [0.15, 0.2) is 60.7 Å². The first kappa shape index (κ1) is 18.0. The summed E-state index contributed by atoms with van der Waals surface area (Å²) in [6.07, 6.45) is 0. The summed E-state index contributed by atoms with van der Waals surface area (Å²) in [4.78, 5) is 1.19. The van der Waals surface area contributed by atoms with E-state index >= 15 is 0 Å². The monoisotopic (exact) mass is 376 g/mol. The van der Waals surface area contributed by atoms with Gasteiger partial charge in [-0.2, -0.15) is 4.37 Å². The van der Waals surface area contributed by atoms with Crippen LogP contribution in [-0.4, -0.2) is 24.6 Å². The Hall–Kier alpha value is -2.43. The van der Waals surface area contributed by atoms with E-state index in [9.17, 15) is 0 Å². The van der Waals surface area contributed by atoms with Crippen molar-refractivity contribution in [2.75, 3.05) is 25.6 Å². The van der Waals surface area contributed by atoms with Gasteiger partial charge in [0.15, 0.2) is 0 Å². The summed E-state index contributed by atoms with van der Waals surface area (Å²) in [5, 5.41) is 3.26. The van der Waals surface area contributed by atoms with Crippen LogP contribution in [0.25, 0.3) is 21.6 Å². The van der Waals surface area contributed by atoms with Crippen LogP contribution in [0.5, 0.6) is 0 Å². The Balaban J connectivity index is 1.60. The third-order valence-corrected chi connectivity index (χ3v) is 6.53. The zero-order valence-electron chi connectivity index (χ0n) is 16.0. The SMILES string of the molecule is C=C(C)C1(c2ccc(-c3ccc(-c4snc(C)c4NC)cc3)cc2)COC1. The molecule has 0 unspecified atom stereocenters. The lowest BCUT2D eigenvalue weighted by atomic mass is 9.73. The summed E-state index contributed by atoms with van der Waals surface area (Å²) in [5.74, 6) is 0. The summed E-state index contributed by atoms with van der Waals surface area (Å²) in [5.41, 5.74) is 8.25. The minimum atomic E-state index is -0.00400. The molecule has 3 aromatic rings. The van der Waals surface area contributed by atoms with Gasteiger partial charge in [-0.05, 0) is 47.6 Å². The van der Waals surface area contributed by atoms with Crippen molar-refractivity contribution in [3.8, 4) is 21.6 Å². The molecule has 27 heavy (non-hydrogen) atoms. The molecule has 0 amide bonds. The normalized spacial score (nSPS) is 15.2. The molecule has 2 heterocycles. The van der Waals surface area contributed by atoms with E-state index in [2.05, 4.69) is 71.7 Å². The van der Waals surface area contributed by atoms with Crippen molar-refractivity contribution in [2.45, 2.75) is 19.3 Å². The molecule has 1 fully saturated rings. The van der Waals surface area contributed by atoms with E-state index < -0.39 is 0 Å². The number of benzene rings is 2. The lowest BCUT2D eigenvalue weighted by Gasteiger charge is -2.42. The number of hydrogen-bond donors (Lipinski definition) is 1. The molecule has 138 valence electrons. The Morgan fingerprint density at radius 3 is 2.07 bits per heavy atom. The fraction of sp³-hybridized carbons (Fsp3) is 0.261. The molecule has 2 aromatic carbocycles. The number of rotatable bonds is 5. The van der Waals surface area contributed by atoms with Gasteiger partial charge in [0.1, 0.15) is 0 Å². The summed E-state index contributed by atoms with van der Waals surface area (Å²) in [6.45, 7) is 9.77. The van der Waals surface area contributed by atoms with Gasteiger partial charge in [0.05, 0.1) is 34.9 Å². The largest absolute Gasteiger partial charge is 0.385 e. The quantitative estimate of drug-likeness (QED) is 0.583. The maximum atomic E-state index is 5.47. The maximum absolute atomic E-state index is 5.47. The Morgan fingerprint density at radius 2 is 1.59 bits per heavy atom. The van der Waals surface area contributed by atoms with Crippen LogP contribution in [0.2, 0.25) is 0 Å². The minimum Gasteiger partial charge on any atom is -0.385 e. The van der Waals surface area contributed by atoms with Crippen LogP contribution in [-0.2, 0) is 10.2 Å². The van der Waals surface area contributed by atoms with Gasteiger partial charge in [0, 0.05) is 7.05 Å². The molecule has 1 aromatic heterocycles. The van der Waals surface area contributed by atoms with Crippen molar-refractivity contribution < 1.29 is 4.74 Å². The molecule has 1 saturated heterocycles. The van der Waals surface area contributed by atoms with Gasteiger partial charge in [0.25, 0.3) is 0 Å². The number of anilines is 1. The number of nitrogens with one attached hydrogen (secondary N) is 1. The third kappa shape index (κ3) is 2.99. The molecule has 0 saturated carbocycles. The van der Waals surface area contributed by atoms with Gasteiger partial charge in [-0.15, -0.1) is 0 Å². The average molecular weight is 377 g/mol. The number of ether oxygens (including phenoxy) is 1. The highest BCUT2D eigenvalue weighted by atomic mass is 32.1. The predicted octanol–water partition coefficient (Wildman–Crippen LogP) is 5.67. The summed E-state index contributed by atoms with van der Waals surface area (Å²) >= 11 is 1.54. The third-order valence-electron chi connectivity index (χ3n) is 5.54. The molecular weight excluding hydrogens is 352 g/mol. The van der Waals surface area contributed by atoms with E-state index in [1.807, 2.05) is 14.0 Å². The summed E-state index contributed by atoms with van der Waals surface area (Å²) < 4.78 is 9.94. The number of aromatic nitrogens is 1. The van der Waals surface area contributed by atoms with E-state index in [1.54, 1.807) is 0 Å². The fourth-order valence-corrected chi connectivity index (χ4v) is 4.52. The fourth-order valence-electron chi connectivity index (χ4n) is 3.62. The Kier molecular flexibility index (Phi) is 4.62. The molecule has 0 spiro atoms. The topological polar surface area (TPSA) is 34.2 Å². The van der Waals surface area contributed by atoms with E-state index in [0.717, 1.165) is 24.6 Å². The number of hydrogen-bond acceptors (Lipinski definition) is 4. The second-order valence-corrected chi connectivity index (χ2v) is 8.01. The molecule has 3 nitrogen and oxygen atoms in total.